The van der Waals surface area contributed by atoms with E-state index in [0.29, 0.717) is 19.3 Å². The second-order valence-electron chi connectivity index (χ2n) is 14.0. The number of rotatable bonds is 35. The lowest BCUT2D eigenvalue weighted by atomic mass is 10.0. The maximum absolute atomic E-state index is 12.2. The van der Waals surface area contributed by atoms with Crippen molar-refractivity contribution in [2.24, 2.45) is 5.92 Å². The normalized spacial score (nSPS) is 13.6. The molecule has 0 saturated heterocycles. The number of aliphatic hydroxyl groups excluding tert-OH is 2. The summed E-state index contributed by atoms with van der Waals surface area (Å²) in [7, 11) is 0. The number of allylic oxidation sites excluding steroid dienone is 8. The second kappa shape index (κ2) is 37.8. The van der Waals surface area contributed by atoms with E-state index in [2.05, 4.69) is 44.2 Å². The third kappa shape index (κ3) is 36.8. The molecule has 0 bridgehead atoms. The summed E-state index contributed by atoms with van der Waals surface area (Å²) >= 11 is 0. The van der Waals surface area contributed by atoms with Gasteiger partial charge in [0.1, 0.15) is 6.61 Å². The van der Waals surface area contributed by atoms with Crippen LogP contribution in [0.1, 0.15) is 175 Å². The van der Waals surface area contributed by atoms with Crippen molar-refractivity contribution in [1.29, 1.82) is 0 Å². The molecule has 50 heavy (non-hydrogen) atoms. The lowest BCUT2D eigenvalue weighted by Gasteiger charge is -2.15. The highest BCUT2D eigenvalue weighted by Crippen LogP contribution is 2.15. The Labute approximate surface area is 307 Å². The summed E-state index contributed by atoms with van der Waals surface area (Å²) in [4.78, 5) is 24.3. The number of hydrogen-bond donors (Lipinski definition) is 2. The van der Waals surface area contributed by atoms with Crippen molar-refractivity contribution in [3.63, 3.8) is 0 Å². The number of ether oxygens (including phenoxy) is 2. The Bertz CT molecular complexity index is 915. The number of unbranched alkanes of at least 4 members (excludes halogenated alkanes) is 15. The van der Waals surface area contributed by atoms with Gasteiger partial charge in [-0.15, -0.1) is 0 Å². The maximum Gasteiger partial charge on any atom is 0.306 e. The van der Waals surface area contributed by atoms with Crippen LogP contribution in [0.25, 0.3) is 0 Å². The first-order chi connectivity index (χ1) is 24.4. The number of esters is 2. The van der Waals surface area contributed by atoms with E-state index in [1.165, 1.54) is 83.5 Å². The fourth-order valence-electron chi connectivity index (χ4n) is 5.50. The van der Waals surface area contributed by atoms with E-state index in [0.717, 1.165) is 50.9 Å². The number of aliphatic hydroxyl groups is 2. The van der Waals surface area contributed by atoms with Gasteiger partial charge in [0.25, 0.3) is 0 Å². The lowest BCUT2D eigenvalue weighted by molar-refractivity contribution is -0.161. The quantitative estimate of drug-likeness (QED) is 0.0296. The first-order valence-corrected chi connectivity index (χ1v) is 20.3. The van der Waals surface area contributed by atoms with Gasteiger partial charge in [0.05, 0.1) is 12.7 Å². The molecule has 0 amide bonds. The molecule has 0 aliphatic rings. The first kappa shape index (κ1) is 47.6. The Kier molecular flexibility index (Phi) is 36.0. The van der Waals surface area contributed by atoms with E-state index in [4.69, 9.17) is 9.47 Å². The summed E-state index contributed by atoms with van der Waals surface area (Å²) in [5.41, 5.74) is 0. The molecule has 2 N–H and O–H groups in total. The summed E-state index contributed by atoms with van der Waals surface area (Å²) in [5.74, 6) is 0.165. The van der Waals surface area contributed by atoms with Gasteiger partial charge in [0, 0.05) is 12.8 Å². The molecular weight excluding hydrogens is 624 g/mol. The van der Waals surface area contributed by atoms with Crippen LogP contribution in [-0.4, -0.2) is 47.6 Å². The molecule has 0 fully saturated rings. The third-order valence-corrected chi connectivity index (χ3v) is 8.58. The van der Waals surface area contributed by atoms with Crippen molar-refractivity contribution in [2.75, 3.05) is 13.2 Å². The van der Waals surface area contributed by atoms with Gasteiger partial charge in [-0.25, -0.2) is 0 Å². The summed E-state index contributed by atoms with van der Waals surface area (Å²) in [6.07, 6.45) is 44.9. The van der Waals surface area contributed by atoms with Gasteiger partial charge in [0.2, 0.25) is 0 Å². The van der Waals surface area contributed by atoms with Gasteiger partial charge in [-0.1, -0.05) is 178 Å². The summed E-state index contributed by atoms with van der Waals surface area (Å²) in [5, 5.41) is 19.3. The summed E-state index contributed by atoms with van der Waals surface area (Å²) in [6, 6.07) is 0. The van der Waals surface area contributed by atoms with Gasteiger partial charge in [-0.3, -0.25) is 9.59 Å². The lowest BCUT2D eigenvalue weighted by Crippen LogP contribution is -2.28. The number of carbonyl (C=O) groups excluding carboxylic acids is 2. The van der Waals surface area contributed by atoms with Crippen LogP contribution in [0.3, 0.4) is 0 Å². The molecule has 0 rings (SSSR count). The second-order valence-corrected chi connectivity index (χ2v) is 14.0. The van der Waals surface area contributed by atoms with Gasteiger partial charge >= 0.3 is 11.9 Å². The smallest absolute Gasteiger partial charge is 0.306 e. The van der Waals surface area contributed by atoms with Crippen molar-refractivity contribution in [3.8, 4) is 0 Å². The first-order valence-electron chi connectivity index (χ1n) is 20.3. The number of carbonyl (C=O) groups is 2. The highest BCUT2D eigenvalue weighted by molar-refractivity contribution is 5.70. The topological polar surface area (TPSA) is 93.1 Å². The molecule has 0 aromatic carbocycles. The molecule has 0 aliphatic carbocycles. The zero-order valence-corrected chi connectivity index (χ0v) is 32.4. The van der Waals surface area contributed by atoms with Gasteiger partial charge < -0.3 is 19.7 Å². The van der Waals surface area contributed by atoms with Crippen LogP contribution in [0.15, 0.2) is 60.8 Å². The molecule has 288 valence electrons. The summed E-state index contributed by atoms with van der Waals surface area (Å²) < 4.78 is 10.6. The highest BCUT2D eigenvalue weighted by Gasteiger charge is 2.16. The van der Waals surface area contributed by atoms with Crippen molar-refractivity contribution in [2.45, 2.75) is 187 Å². The van der Waals surface area contributed by atoms with E-state index >= 15 is 0 Å². The Morgan fingerprint density at radius 2 is 1.14 bits per heavy atom. The van der Waals surface area contributed by atoms with Crippen LogP contribution >= 0.6 is 0 Å². The zero-order valence-electron chi connectivity index (χ0n) is 32.4. The Balaban J connectivity index is 3.67. The highest BCUT2D eigenvalue weighted by atomic mass is 16.6. The fraction of sp³-hybridized carbons (Fsp3) is 0.727. The molecule has 0 heterocycles. The summed E-state index contributed by atoms with van der Waals surface area (Å²) in [6.45, 7) is 6.21. The Morgan fingerprint density at radius 3 is 1.72 bits per heavy atom. The minimum Gasteiger partial charge on any atom is -0.462 e. The van der Waals surface area contributed by atoms with E-state index in [1.54, 1.807) is 0 Å². The minimum absolute atomic E-state index is 0.108. The molecule has 6 nitrogen and oxygen atoms in total. The van der Waals surface area contributed by atoms with Crippen molar-refractivity contribution < 1.29 is 29.3 Å². The van der Waals surface area contributed by atoms with E-state index < -0.39 is 12.2 Å². The standard InChI is InChI=1S/C44H76O6/c1-4-5-34-41(46)35-30-26-22-18-14-11-12-15-19-23-27-31-36-43(47)49-39-42(38-45)50-44(48)37-32-28-24-20-16-10-8-6-7-9-13-17-21-25-29-33-40(2)3/h5,11-12,18-19,22-23,26,30,34,40-42,45-46H,4,6-10,13-17,20-21,24-25,27-29,31-33,35-39H2,1-3H3/b12-11-,22-18-,23-19-,30-26+,34-5-/t41?,42-/m0/s1. The van der Waals surface area contributed by atoms with Crippen LogP contribution in [0.4, 0.5) is 0 Å². The molecule has 0 spiro atoms. The molecule has 0 radical (unpaired) electrons. The van der Waals surface area contributed by atoms with Gasteiger partial charge in [0.15, 0.2) is 6.10 Å². The van der Waals surface area contributed by atoms with E-state index in [-0.39, 0.29) is 31.6 Å². The molecular formula is C44H76O6. The third-order valence-electron chi connectivity index (χ3n) is 8.58. The predicted molar refractivity (Wildman–Crippen MR) is 211 cm³/mol. The number of hydrogen-bond acceptors (Lipinski definition) is 6. The molecule has 0 saturated carbocycles. The van der Waals surface area contributed by atoms with Crippen LogP contribution in [0.5, 0.6) is 0 Å². The zero-order chi connectivity index (χ0) is 36.8. The van der Waals surface area contributed by atoms with Crippen molar-refractivity contribution in [3.05, 3.63) is 60.8 Å². The van der Waals surface area contributed by atoms with Crippen LogP contribution in [-0.2, 0) is 19.1 Å². The molecule has 1 unspecified atom stereocenters. The average Bonchev–Trinajstić information content (AvgIpc) is 3.10. The molecule has 2 atom stereocenters. The monoisotopic (exact) mass is 701 g/mol. The van der Waals surface area contributed by atoms with Gasteiger partial charge in [-0.2, -0.15) is 0 Å². The molecule has 6 heteroatoms. The van der Waals surface area contributed by atoms with Crippen molar-refractivity contribution >= 4 is 11.9 Å². The molecule has 0 aromatic heterocycles. The van der Waals surface area contributed by atoms with Crippen LogP contribution in [0.2, 0.25) is 0 Å². The average molecular weight is 701 g/mol. The largest absolute Gasteiger partial charge is 0.462 e. The van der Waals surface area contributed by atoms with E-state index in [9.17, 15) is 19.8 Å². The van der Waals surface area contributed by atoms with E-state index in [1.807, 2.05) is 37.3 Å². The van der Waals surface area contributed by atoms with Gasteiger partial charge in [-0.05, 0) is 50.9 Å². The SMILES string of the molecule is CC/C=C\C(O)C/C=C/C=C\C/C=C\C/C=C\CCCC(=O)OC[C@H](CO)OC(=O)CCCCCCCCCCCCCCCCCC(C)C. The molecule has 0 aromatic rings. The Morgan fingerprint density at radius 1 is 0.620 bits per heavy atom. The fourth-order valence-corrected chi connectivity index (χ4v) is 5.50. The minimum atomic E-state index is -0.806. The maximum atomic E-state index is 12.2. The molecule has 0 aliphatic heterocycles. The predicted octanol–water partition coefficient (Wildman–Crippen LogP) is 11.6. The Hall–Kier alpha value is -2.44. The van der Waals surface area contributed by atoms with Crippen molar-refractivity contribution in [1.82, 2.24) is 0 Å². The van der Waals surface area contributed by atoms with Crippen LogP contribution < -0.4 is 0 Å². The van der Waals surface area contributed by atoms with Crippen LogP contribution in [0, 0.1) is 5.92 Å².